The van der Waals surface area contributed by atoms with Crippen molar-refractivity contribution in [1.82, 2.24) is 14.7 Å². The molecule has 1 aromatic heterocycles. The predicted octanol–water partition coefficient (Wildman–Crippen LogP) is 4.90. The van der Waals surface area contributed by atoms with Gasteiger partial charge < -0.3 is 10.2 Å². The average Bonchev–Trinajstić information content (AvgIpc) is 3.27. The van der Waals surface area contributed by atoms with Crippen LogP contribution >= 0.6 is 0 Å². The Balaban J connectivity index is 1.31. The molecule has 0 radical (unpaired) electrons. The lowest BCUT2D eigenvalue weighted by molar-refractivity contribution is -0.137. The molecule has 1 N–H and O–H groups in total. The lowest BCUT2D eigenvalue weighted by Crippen LogP contribution is -2.41. The molecule has 1 aliphatic carbocycles. The van der Waals surface area contributed by atoms with Crippen molar-refractivity contribution in [3.8, 4) is 0 Å². The van der Waals surface area contributed by atoms with Crippen molar-refractivity contribution in [3.05, 3.63) is 47.7 Å². The standard InChI is InChI=1S/C23H27F3N4O2/c24-23(25,26)18-8-6-17(7-9-18)22(32)29-14-11-16(12-15-29)21(31)28-20-10-13-27-30(20)19-4-2-1-3-5-19/h6-10,13,16,19H,1-5,11-12,14-15H2,(H,28,31). The Hall–Kier alpha value is -2.84. The molecule has 0 atom stereocenters. The number of carbonyl (C=O) groups is 2. The third kappa shape index (κ3) is 4.97. The van der Waals surface area contributed by atoms with Crippen molar-refractivity contribution in [3.63, 3.8) is 0 Å². The van der Waals surface area contributed by atoms with Crippen LogP contribution in [-0.2, 0) is 11.0 Å². The van der Waals surface area contributed by atoms with Crippen LogP contribution in [0.15, 0.2) is 36.5 Å². The van der Waals surface area contributed by atoms with E-state index in [1.54, 1.807) is 11.1 Å². The van der Waals surface area contributed by atoms with Crippen LogP contribution in [0.25, 0.3) is 0 Å². The lowest BCUT2D eigenvalue weighted by Gasteiger charge is -2.31. The van der Waals surface area contributed by atoms with E-state index >= 15 is 0 Å². The first-order valence-corrected chi connectivity index (χ1v) is 11.1. The van der Waals surface area contributed by atoms with Crippen LogP contribution < -0.4 is 5.32 Å². The predicted molar refractivity (Wildman–Crippen MR) is 113 cm³/mol. The third-order valence-electron chi connectivity index (χ3n) is 6.45. The summed E-state index contributed by atoms with van der Waals surface area (Å²) in [5.74, 6) is 0.101. The number of hydrogen-bond donors (Lipinski definition) is 1. The molecule has 6 nitrogen and oxygen atoms in total. The maximum Gasteiger partial charge on any atom is 0.416 e. The monoisotopic (exact) mass is 448 g/mol. The molecular formula is C23H27F3N4O2. The number of likely N-dealkylation sites (tertiary alicyclic amines) is 1. The smallest absolute Gasteiger partial charge is 0.339 e. The first kappa shape index (κ1) is 22.4. The maximum absolute atomic E-state index is 12.8. The molecular weight excluding hydrogens is 421 g/mol. The van der Waals surface area contributed by atoms with Gasteiger partial charge in [0.2, 0.25) is 5.91 Å². The van der Waals surface area contributed by atoms with E-state index in [2.05, 4.69) is 10.4 Å². The summed E-state index contributed by atoms with van der Waals surface area (Å²) in [6.07, 6.45) is 4.00. The highest BCUT2D eigenvalue weighted by molar-refractivity contribution is 5.95. The van der Waals surface area contributed by atoms with Crippen molar-refractivity contribution < 1.29 is 22.8 Å². The molecule has 0 spiro atoms. The second-order valence-electron chi connectivity index (χ2n) is 8.58. The number of piperidine rings is 1. The van der Waals surface area contributed by atoms with Gasteiger partial charge in [0.1, 0.15) is 5.82 Å². The van der Waals surface area contributed by atoms with Crippen LogP contribution in [-0.4, -0.2) is 39.6 Å². The minimum absolute atomic E-state index is 0.0795. The zero-order valence-electron chi connectivity index (χ0n) is 17.8. The molecule has 2 aliphatic rings. The third-order valence-corrected chi connectivity index (χ3v) is 6.45. The summed E-state index contributed by atoms with van der Waals surface area (Å²) in [5.41, 5.74) is -0.561. The normalized spacial score (nSPS) is 18.5. The van der Waals surface area contributed by atoms with Crippen molar-refractivity contribution in [2.45, 2.75) is 57.2 Å². The highest BCUT2D eigenvalue weighted by Gasteiger charge is 2.32. The molecule has 2 fully saturated rings. The number of nitrogens with zero attached hydrogens (tertiary/aromatic N) is 3. The summed E-state index contributed by atoms with van der Waals surface area (Å²) in [7, 11) is 0. The van der Waals surface area contributed by atoms with Crippen LogP contribution in [0.5, 0.6) is 0 Å². The summed E-state index contributed by atoms with van der Waals surface area (Å²) in [4.78, 5) is 27.1. The minimum Gasteiger partial charge on any atom is -0.339 e. The molecule has 9 heteroatoms. The van der Waals surface area contributed by atoms with Gasteiger partial charge in [0.15, 0.2) is 0 Å². The number of alkyl halides is 3. The Bertz CT molecular complexity index is 941. The van der Waals surface area contributed by atoms with Crippen LogP contribution in [0.3, 0.4) is 0 Å². The second-order valence-corrected chi connectivity index (χ2v) is 8.58. The quantitative estimate of drug-likeness (QED) is 0.724. The number of halogens is 3. The van der Waals surface area contributed by atoms with Gasteiger partial charge in [-0.2, -0.15) is 18.3 Å². The first-order chi connectivity index (χ1) is 15.3. The number of nitrogens with one attached hydrogen (secondary N) is 1. The lowest BCUT2D eigenvalue weighted by atomic mass is 9.95. The molecule has 2 heterocycles. The number of anilines is 1. The van der Waals surface area contributed by atoms with E-state index in [1.165, 1.54) is 31.4 Å². The van der Waals surface area contributed by atoms with E-state index in [-0.39, 0.29) is 23.3 Å². The highest BCUT2D eigenvalue weighted by atomic mass is 19.4. The summed E-state index contributed by atoms with van der Waals surface area (Å²) in [5, 5.41) is 7.41. The number of carbonyl (C=O) groups excluding carboxylic acids is 2. The molecule has 172 valence electrons. The number of aromatic nitrogens is 2. The van der Waals surface area contributed by atoms with E-state index < -0.39 is 11.7 Å². The van der Waals surface area contributed by atoms with Gasteiger partial charge in [0.05, 0.1) is 17.8 Å². The topological polar surface area (TPSA) is 67.2 Å². The SMILES string of the molecule is O=C(Nc1ccnn1C1CCCCC1)C1CCN(C(=O)c2ccc(C(F)(F)F)cc2)CC1. The second kappa shape index (κ2) is 9.34. The average molecular weight is 448 g/mol. The van der Waals surface area contributed by atoms with Gasteiger partial charge >= 0.3 is 6.18 Å². The van der Waals surface area contributed by atoms with Gasteiger partial charge in [-0.15, -0.1) is 0 Å². The number of rotatable bonds is 4. The fourth-order valence-corrected chi connectivity index (χ4v) is 4.59. The fraction of sp³-hybridized carbons (Fsp3) is 0.522. The summed E-state index contributed by atoms with van der Waals surface area (Å²) < 4.78 is 40.1. The number of amides is 2. The Kier molecular flexibility index (Phi) is 6.53. The summed E-state index contributed by atoms with van der Waals surface area (Å²) >= 11 is 0. The zero-order valence-corrected chi connectivity index (χ0v) is 17.8. The van der Waals surface area contributed by atoms with E-state index in [0.717, 1.165) is 25.0 Å². The zero-order chi connectivity index (χ0) is 22.7. The molecule has 0 unspecified atom stereocenters. The largest absolute Gasteiger partial charge is 0.416 e. The summed E-state index contributed by atoms with van der Waals surface area (Å²) in [6, 6.07) is 6.38. The van der Waals surface area contributed by atoms with Crippen molar-refractivity contribution in [1.29, 1.82) is 0 Å². The fourth-order valence-electron chi connectivity index (χ4n) is 4.59. The highest BCUT2D eigenvalue weighted by Crippen LogP contribution is 2.31. The molecule has 2 amide bonds. The first-order valence-electron chi connectivity index (χ1n) is 11.1. The molecule has 32 heavy (non-hydrogen) atoms. The Morgan fingerprint density at radius 3 is 2.22 bits per heavy atom. The van der Waals surface area contributed by atoms with Crippen LogP contribution in [0.1, 0.15) is 66.9 Å². The Labute approximate surface area is 184 Å². The van der Waals surface area contributed by atoms with Gasteiger partial charge in [0.25, 0.3) is 5.91 Å². The maximum atomic E-state index is 12.8. The number of benzene rings is 1. The van der Waals surface area contributed by atoms with E-state index in [4.69, 9.17) is 0 Å². The Morgan fingerprint density at radius 1 is 0.938 bits per heavy atom. The Morgan fingerprint density at radius 2 is 1.59 bits per heavy atom. The van der Waals surface area contributed by atoms with Gasteiger partial charge in [-0.1, -0.05) is 19.3 Å². The van der Waals surface area contributed by atoms with E-state index in [1.807, 2.05) is 10.7 Å². The van der Waals surface area contributed by atoms with Crippen molar-refractivity contribution in [2.24, 2.45) is 5.92 Å². The van der Waals surface area contributed by atoms with E-state index in [0.29, 0.717) is 37.8 Å². The molecule has 4 rings (SSSR count). The van der Waals surface area contributed by atoms with Gasteiger partial charge in [-0.05, 0) is 49.9 Å². The summed E-state index contributed by atoms with van der Waals surface area (Å²) in [6.45, 7) is 0.777. The van der Waals surface area contributed by atoms with Crippen molar-refractivity contribution in [2.75, 3.05) is 18.4 Å². The molecule has 1 saturated heterocycles. The molecule has 2 aromatic rings. The molecule has 1 aliphatic heterocycles. The van der Waals surface area contributed by atoms with Gasteiger partial charge in [0, 0.05) is 30.6 Å². The molecule has 1 saturated carbocycles. The van der Waals surface area contributed by atoms with E-state index in [9.17, 15) is 22.8 Å². The van der Waals surface area contributed by atoms with Gasteiger partial charge in [-0.3, -0.25) is 9.59 Å². The van der Waals surface area contributed by atoms with Crippen molar-refractivity contribution >= 4 is 17.6 Å². The molecule has 0 bridgehead atoms. The van der Waals surface area contributed by atoms with Crippen LogP contribution in [0, 0.1) is 5.92 Å². The van der Waals surface area contributed by atoms with Crippen LogP contribution in [0.2, 0.25) is 0 Å². The van der Waals surface area contributed by atoms with Gasteiger partial charge in [-0.25, -0.2) is 4.68 Å². The minimum atomic E-state index is -4.43. The number of hydrogen-bond acceptors (Lipinski definition) is 3. The molecule has 1 aromatic carbocycles. The van der Waals surface area contributed by atoms with Crippen LogP contribution in [0.4, 0.5) is 19.0 Å².